The number of thiophene rings is 1. The lowest BCUT2D eigenvalue weighted by Gasteiger charge is -2.10. The molecule has 0 amide bonds. The highest BCUT2D eigenvalue weighted by Gasteiger charge is 2.18. The summed E-state index contributed by atoms with van der Waals surface area (Å²) in [5.41, 5.74) is 0.899. The summed E-state index contributed by atoms with van der Waals surface area (Å²) >= 11 is 1.35. The van der Waals surface area contributed by atoms with Crippen LogP contribution in [0, 0.1) is 0 Å². The Morgan fingerprint density at radius 2 is 2.29 bits per heavy atom. The van der Waals surface area contributed by atoms with Crippen LogP contribution in [0.3, 0.4) is 0 Å². The van der Waals surface area contributed by atoms with Crippen molar-refractivity contribution in [2.24, 2.45) is 0 Å². The maximum Gasteiger partial charge on any atom is 0.346 e. The van der Waals surface area contributed by atoms with Crippen LogP contribution in [-0.2, 0) is 11.3 Å². The summed E-state index contributed by atoms with van der Waals surface area (Å²) in [5, 5.41) is 13.8. The predicted molar refractivity (Wildman–Crippen MR) is 84.1 cm³/mol. The minimum atomic E-state index is -0.841. The second-order valence-electron chi connectivity index (χ2n) is 5.31. The summed E-state index contributed by atoms with van der Waals surface area (Å²) in [6, 6.07) is 7.87. The van der Waals surface area contributed by atoms with Crippen molar-refractivity contribution in [3.05, 3.63) is 34.7 Å². The van der Waals surface area contributed by atoms with Gasteiger partial charge in [0.2, 0.25) is 0 Å². The van der Waals surface area contributed by atoms with E-state index in [4.69, 9.17) is 4.74 Å². The van der Waals surface area contributed by atoms with Crippen molar-refractivity contribution < 1.29 is 14.6 Å². The third kappa shape index (κ3) is 3.26. The Bertz CT molecular complexity index is 631. The number of hydrogen-bond acceptors (Lipinski definition) is 4. The van der Waals surface area contributed by atoms with Crippen molar-refractivity contribution in [1.29, 1.82) is 0 Å². The molecule has 0 aliphatic carbocycles. The Balaban J connectivity index is 1.67. The van der Waals surface area contributed by atoms with Crippen LogP contribution in [-0.4, -0.2) is 30.3 Å². The number of carbonyl (C=O) groups is 1. The Morgan fingerprint density at radius 1 is 1.43 bits per heavy atom. The third-order valence-electron chi connectivity index (χ3n) is 3.86. The first kappa shape index (κ1) is 14.5. The lowest BCUT2D eigenvalue weighted by molar-refractivity contribution is 0.0701. The average molecular weight is 305 g/mol. The molecule has 2 aromatic rings. The smallest absolute Gasteiger partial charge is 0.346 e. The average Bonchev–Trinajstić information content (AvgIpc) is 3.11. The summed E-state index contributed by atoms with van der Waals surface area (Å²) in [6.45, 7) is 2.33. The number of hydrogen-bond donors (Lipinski definition) is 2. The summed E-state index contributed by atoms with van der Waals surface area (Å²) < 4.78 is 6.62. The molecule has 1 aliphatic heterocycles. The molecule has 1 atom stereocenters. The van der Waals surface area contributed by atoms with Gasteiger partial charge in [-0.2, -0.15) is 0 Å². The van der Waals surface area contributed by atoms with Gasteiger partial charge in [0.15, 0.2) is 0 Å². The van der Waals surface area contributed by atoms with E-state index in [-0.39, 0.29) is 0 Å². The number of carboxylic acid groups (broad SMARTS) is 1. The summed E-state index contributed by atoms with van der Waals surface area (Å²) in [7, 11) is 0. The number of nitrogens with one attached hydrogen (secondary N) is 1. The lowest BCUT2D eigenvalue weighted by Crippen LogP contribution is -2.20. The fraction of sp³-hybridized carbons (Fsp3) is 0.438. The lowest BCUT2D eigenvalue weighted by atomic mass is 10.1. The Labute approximate surface area is 127 Å². The van der Waals surface area contributed by atoms with Crippen molar-refractivity contribution in [2.45, 2.75) is 31.9 Å². The maximum absolute atomic E-state index is 11.4. The molecule has 1 aromatic heterocycles. The maximum atomic E-state index is 11.4. The highest BCUT2D eigenvalue weighted by atomic mass is 32.1. The van der Waals surface area contributed by atoms with Gasteiger partial charge in [0, 0.05) is 17.9 Å². The van der Waals surface area contributed by atoms with E-state index in [0.717, 1.165) is 48.1 Å². The van der Waals surface area contributed by atoms with Gasteiger partial charge < -0.3 is 15.2 Å². The van der Waals surface area contributed by atoms with E-state index in [9.17, 15) is 9.90 Å². The molecule has 0 saturated carbocycles. The minimum absolute atomic E-state index is 0.371. The topological polar surface area (TPSA) is 58.6 Å². The second-order valence-corrected chi connectivity index (χ2v) is 6.36. The first-order valence-electron chi connectivity index (χ1n) is 7.31. The molecule has 0 spiro atoms. The van der Waals surface area contributed by atoms with Crippen molar-refractivity contribution >= 4 is 27.4 Å². The molecule has 0 radical (unpaired) electrons. The van der Waals surface area contributed by atoms with Gasteiger partial charge >= 0.3 is 5.97 Å². The third-order valence-corrected chi connectivity index (χ3v) is 5.06. The molecule has 1 fully saturated rings. The summed E-state index contributed by atoms with van der Waals surface area (Å²) in [4.78, 5) is 11.8. The number of ether oxygens (including phenoxy) is 1. The molecule has 112 valence electrons. The van der Waals surface area contributed by atoms with Crippen LogP contribution in [0.15, 0.2) is 24.3 Å². The van der Waals surface area contributed by atoms with Gasteiger partial charge in [-0.15, -0.1) is 11.3 Å². The zero-order valence-corrected chi connectivity index (χ0v) is 12.6. The van der Waals surface area contributed by atoms with Crippen molar-refractivity contribution in [3.63, 3.8) is 0 Å². The molecule has 2 heterocycles. The standard InChI is InChI=1S/C16H19NO3S/c18-16(19)15-13(12-5-1-2-6-14(12)21-15)10-17-8-7-11-4-3-9-20-11/h1-2,5-6,11,17H,3-4,7-10H2,(H,18,19). The minimum Gasteiger partial charge on any atom is -0.477 e. The van der Waals surface area contributed by atoms with E-state index in [1.807, 2.05) is 24.3 Å². The number of aromatic carboxylic acids is 1. The van der Waals surface area contributed by atoms with Gasteiger partial charge in [-0.05, 0) is 42.8 Å². The molecule has 1 unspecified atom stereocenters. The molecule has 21 heavy (non-hydrogen) atoms. The van der Waals surface area contributed by atoms with Gasteiger partial charge in [0.05, 0.1) is 6.10 Å². The summed E-state index contributed by atoms with van der Waals surface area (Å²) in [6.07, 6.45) is 3.66. The first-order valence-corrected chi connectivity index (χ1v) is 8.13. The normalized spacial score (nSPS) is 18.4. The SMILES string of the molecule is O=C(O)c1sc2ccccc2c1CNCCC1CCCO1. The number of fused-ring (bicyclic) bond motifs is 1. The van der Waals surface area contributed by atoms with E-state index < -0.39 is 5.97 Å². The van der Waals surface area contributed by atoms with Gasteiger partial charge in [-0.25, -0.2) is 4.79 Å². The first-order chi connectivity index (χ1) is 10.3. The van der Waals surface area contributed by atoms with Crippen LogP contribution in [0.1, 0.15) is 34.5 Å². The molecule has 1 saturated heterocycles. The molecule has 4 nitrogen and oxygen atoms in total. The molecule has 5 heteroatoms. The molecule has 1 aliphatic rings. The molecule has 0 bridgehead atoms. The van der Waals surface area contributed by atoms with Crippen molar-refractivity contribution in [2.75, 3.05) is 13.2 Å². The van der Waals surface area contributed by atoms with Crippen LogP contribution in [0.5, 0.6) is 0 Å². The number of carboxylic acids is 1. The van der Waals surface area contributed by atoms with E-state index in [1.54, 1.807) is 0 Å². The van der Waals surface area contributed by atoms with E-state index in [0.29, 0.717) is 17.5 Å². The van der Waals surface area contributed by atoms with E-state index >= 15 is 0 Å². The Kier molecular flexibility index (Phi) is 4.53. The van der Waals surface area contributed by atoms with Crippen LogP contribution < -0.4 is 5.32 Å². The zero-order valence-electron chi connectivity index (χ0n) is 11.8. The number of rotatable bonds is 6. The molecule has 3 rings (SSSR count). The van der Waals surface area contributed by atoms with Gasteiger partial charge in [-0.1, -0.05) is 18.2 Å². The van der Waals surface area contributed by atoms with Gasteiger partial charge in [0.25, 0.3) is 0 Å². The fourth-order valence-electron chi connectivity index (χ4n) is 2.80. The molecule has 2 N–H and O–H groups in total. The van der Waals surface area contributed by atoms with E-state index in [1.165, 1.54) is 11.3 Å². The number of benzene rings is 1. The Morgan fingerprint density at radius 3 is 3.05 bits per heavy atom. The molecular formula is C16H19NO3S. The van der Waals surface area contributed by atoms with Crippen LogP contribution in [0.2, 0.25) is 0 Å². The molecule has 1 aromatic carbocycles. The second kappa shape index (κ2) is 6.56. The summed E-state index contributed by atoms with van der Waals surface area (Å²) in [5.74, 6) is -0.841. The van der Waals surface area contributed by atoms with Crippen LogP contribution in [0.4, 0.5) is 0 Å². The largest absolute Gasteiger partial charge is 0.477 e. The quantitative estimate of drug-likeness (QED) is 0.804. The molecular weight excluding hydrogens is 286 g/mol. The Hall–Kier alpha value is -1.43. The van der Waals surface area contributed by atoms with Crippen LogP contribution >= 0.6 is 11.3 Å². The van der Waals surface area contributed by atoms with Gasteiger partial charge in [-0.3, -0.25) is 0 Å². The predicted octanol–water partition coefficient (Wildman–Crippen LogP) is 3.26. The van der Waals surface area contributed by atoms with Crippen LogP contribution in [0.25, 0.3) is 10.1 Å². The van der Waals surface area contributed by atoms with Gasteiger partial charge in [0.1, 0.15) is 4.88 Å². The zero-order chi connectivity index (χ0) is 14.7. The highest BCUT2D eigenvalue weighted by Crippen LogP contribution is 2.31. The van der Waals surface area contributed by atoms with Crippen molar-refractivity contribution in [1.82, 2.24) is 5.32 Å². The highest BCUT2D eigenvalue weighted by molar-refractivity contribution is 7.21. The fourth-order valence-corrected chi connectivity index (χ4v) is 3.86. The van der Waals surface area contributed by atoms with E-state index in [2.05, 4.69) is 5.32 Å². The van der Waals surface area contributed by atoms with Crippen molar-refractivity contribution in [3.8, 4) is 0 Å². The monoisotopic (exact) mass is 305 g/mol.